The highest BCUT2D eigenvalue weighted by Crippen LogP contribution is 2.28. The van der Waals surface area contributed by atoms with Crippen LogP contribution in [-0.4, -0.2) is 14.8 Å². The molecule has 19 heavy (non-hydrogen) atoms. The molecular weight excluding hydrogens is 287 g/mol. The van der Waals surface area contributed by atoms with E-state index in [9.17, 15) is 0 Å². The van der Waals surface area contributed by atoms with Crippen molar-refractivity contribution < 1.29 is 4.74 Å². The van der Waals surface area contributed by atoms with Gasteiger partial charge >= 0.3 is 6.01 Å². The van der Waals surface area contributed by atoms with E-state index in [-0.39, 0.29) is 6.04 Å². The van der Waals surface area contributed by atoms with Crippen molar-refractivity contribution in [3.05, 3.63) is 34.1 Å². The fourth-order valence-corrected chi connectivity index (χ4v) is 2.21. The van der Waals surface area contributed by atoms with Crippen LogP contribution in [0.3, 0.4) is 0 Å². The third-order valence-electron chi connectivity index (χ3n) is 2.51. The lowest BCUT2D eigenvalue weighted by Gasteiger charge is -2.10. The van der Waals surface area contributed by atoms with Crippen molar-refractivity contribution in [1.82, 2.24) is 14.8 Å². The van der Waals surface area contributed by atoms with E-state index in [0.29, 0.717) is 34.2 Å². The summed E-state index contributed by atoms with van der Waals surface area (Å²) >= 11 is 11.8. The molecule has 0 saturated heterocycles. The molecule has 0 aliphatic heterocycles. The summed E-state index contributed by atoms with van der Waals surface area (Å²) in [4.78, 5) is 0. The first kappa shape index (κ1) is 14.1. The van der Waals surface area contributed by atoms with Crippen LogP contribution >= 0.6 is 23.2 Å². The van der Waals surface area contributed by atoms with Gasteiger partial charge in [0.15, 0.2) is 5.82 Å². The van der Waals surface area contributed by atoms with E-state index in [0.717, 1.165) is 0 Å². The Labute approximate surface area is 121 Å². The molecule has 2 aromatic rings. The molecule has 7 heteroatoms. The average Bonchev–Trinajstić information content (AvgIpc) is 2.70. The van der Waals surface area contributed by atoms with Crippen LogP contribution in [-0.2, 0) is 6.54 Å². The molecule has 1 atom stereocenters. The number of nitrogens with zero attached hydrogens (tertiary/aromatic N) is 3. The van der Waals surface area contributed by atoms with Gasteiger partial charge in [-0.15, -0.1) is 5.10 Å². The van der Waals surface area contributed by atoms with Crippen molar-refractivity contribution in [1.29, 1.82) is 0 Å². The number of aromatic nitrogens is 3. The van der Waals surface area contributed by atoms with E-state index in [1.54, 1.807) is 22.8 Å². The molecule has 0 unspecified atom stereocenters. The number of hydrogen-bond donors (Lipinski definition) is 1. The van der Waals surface area contributed by atoms with E-state index in [2.05, 4.69) is 10.2 Å². The molecule has 1 aromatic carbocycles. The maximum Gasteiger partial charge on any atom is 0.322 e. The second-order valence-electron chi connectivity index (χ2n) is 4.08. The second kappa shape index (κ2) is 5.77. The molecule has 0 saturated carbocycles. The number of nitrogens with two attached hydrogens (primary N) is 1. The summed E-state index contributed by atoms with van der Waals surface area (Å²) in [5, 5.41) is 9.01. The van der Waals surface area contributed by atoms with Crippen LogP contribution in [0.4, 0.5) is 0 Å². The fraction of sp³-hybridized carbons (Fsp3) is 0.333. The molecule has 5 nitrogen and oxygen atoms in total. The van der Waals surface area contributed by atoms with E-state index in [1.165, 1.54) is 0 Å². The van der Waals surface area contributed by atoms with Crippen LogP contribution in [0.2, 0.25) is 10.0 Å². The molecule has 0 amide bonds. The standard InChI is InChI=1S/C12H14Cl2N4O/c1-3-18-11(7(2)15)16-17-12(18)19-10-5-8(13)4-9(14)6-10/h4-7H,3,15H2,1-2H3/t7-/m1/s1. The van der Waals surface area contributed by atoms with Gasteiger partial charge in [-0.2, -0.15) is 0 Å². The predicted octanol–water partition coefficient (Wildman–Crippen LogP) is 3.42. The highest BCUT2D eigenvalue weighted by Gasteiger charge is 2.15. The zero-order valence-electron chi connectivity index (χ0n) is 10.6. The first-order chi connectivity index (χ1) is 9.01. The number of benzene rings is 1. The minimum atomic E-state index is -0.215. The molecule has 0 aliphatic rings. The molecule has 0 spiro atoms. The first-order valence-corrected chi connectivity index (χ1v) is 6.59. The zero-order valence-corrected chi connectivity index (χ0v) is 12.1. The monoisotopic (exact) mass is 300 g/mol. The van der Waals surface area contributed by atoms with Crippen molar-refractivity contribution in [2.45, 2.75) is 26.4 Å². The summed E-state index contributed by atoms with van der Waals surface area (Å²) in [6, 6.07) is 5.11. The summed E-state index contributed by atoms with van der Waals surface area (Å²) in [5.41, 5.74) is 5.82. The molecule has 0 fully saturated rings. The van der Waals surface area contributed by atoms with E-state index < -0.39 is 0 Å². The molecule has 1 aromatic heterocycles. The highest BCUT2D eigenvalue weighted by atomic mass is 35.5. The Balaban J connectivity index is 2.33. The van der Waals surface area contributed by atoms with Gasteiger partial charge in [0.2, 0.25) is 0 Å². The minimum absolute atomic E-state index is 0.215. The van der Waals surface area contributed by atoms with E-state index in [4.69, 9.17) is 33.7 Å². The van der Waals surface area contributed by atoms with Gasteiger partial charge in [-0.1, -0.05) is 28.3 Å². The zero-order chi connectivity index (χ0) is 14.0. The number of rotatable bonds is 4. The molecule has 2 rings (SSSR count). The molecule has 0 bridgehead atoms. The summed E-state index contributed by atoms with van der Waals surface area (Å²) in [5.74, 6) is 1.18. The van der Waals surface area contributed by atoms with Crippen molar-refractivity contribution >= 4 is 23.2 Å². The predicted molar refractivity (Wildman–Crippen MR) is 74.8 cm³/mol. The van der Waals surface area contributed by atoms with Crippen molar-refractivity contribution in [3.8, 4) is 11.8 Å². The topological polar surface area (TPSA) is 66.0 Å². The molecule has 102 valence electrons. The molecule has 2 N–H and O–H groups in total. The summed E-state index contributed by atoms with van der Waals surface area (Å²) in [6.45, 7) is 4.47. The summed E-state index contributed by atoms with van der Waals surface area (Å²) < 4.78 is 7.46. The Morgan fingerprint density at radius 1 is 1.26 bits per heavy atom. The first-order valence-electron chi connectivity index (χ1n) is 5.84. The maximum atomic E-state index is 5.92. The Bertz CT molecular complexity index is 563. The Hall–Kier alpha value is -1.30. The van der Waals surface area contributed by atoms with Gasteiger partial charge in [0.1, 0.15) is 5.75 Å². The van der Waals surface area contributed by atoms with E-state index in [1.807, 2.05) is 13.8 Å². The normalized spacial score (nSPS) is 12.5. The fourth-order valence-electron chi connectivity index (χ4n) is 1.70. The van der Waals surface area contributed by atoms with Crippen molar-refractivity contribution in [2.75, 3.05) is 0 Å². The largest absolute Gasteiger partial charge is 0.424 e. The molecule has 1 heterocycles. The maximum absolute atomic E-state index is 5.92. The van der Waals surface area contributed by atoms with Crippen LogP contribution in [0.1, 0.15) is 25.7 Å². The number of hydrogen-bond acceptors (Lipinski definition) is 4. The van der Waals surface area contributed by atoms with Gasteiger partial charge in [-0.25, -0.2) is 0 Å². The number of halogens is 2. The SMILES string of the molecule is CCn1c(Oc2cc(Cl)cc(Cl)c2)nnc1[C@@H](C)N. The third kappa shape index (κ3) is 3.18. The van der Waals surface area contributed by atoms with Gasteiger partial charge in [0.05, 0.1) is 6.04 Å². The smallest absolute Gasteiger partial charge is 0.322 e. The Morgan fingerprint density at radius 3 is 2.42 bits per heavy atom. The van der Waals surface area contributed by atoms with Gasteiger partial charge in [0.25, 0.3) is 0 Å². The second-order valence-corrected chi connectivity index (χ2v) is 4.95. The van der Waals surface area contributed by atoms with Crippen LogP contribution in [0, 0.1) is 0 Å². The molecule has 0 aliphatic carbocycles. The van der Waals surface area contributed by atoms with Crippen LogP contribution in [0.5, 0.6) is 11.8 Å². The minimum Gasteiger partial charge on any atom is -0.424 e. The Kier molecular flexibility index (Phi) is 4.29. The quantitative estimate of drug-likeness (QED) is 0.939. The highest BCUT2D eigenvalue weighted by molar-refractivity contribution is 6.34. The van der Waals surface area contributed by atoms with Crippen molar-refractivity contribution in [2.24, 2.45) is 5.73 Å². The lowest BCUT2D eigenvalue weighted by Crippen LogP contribution is -2.13. The van der Waals surface area contributed by atoms with Gasteiger partial charge in [-0.3, -0.25) is 4.57 Å². The Morgan fingerprint density at radius 2 is 1.89 bits per heavy atom. The van der Waals surface area contributed by atoms with E-state index >= 15 is 0 Å². The summed E-state index contributed by atoms with van der Waals surface area (Å²) in [7, 11) is 0. The lowest BCUT2D eigenvalue weighted by atomic mass is 10.3. The van der Waals surface area contributed by atoms with Crippen LogP contribution in [0.25, 0.3) is 0 Å². The summed E-state index contributed by atoms with van der Waals surface area (Å²) in [6.07, 6.45) is 0. The van der Waals surface area contributed by atoms with Crippen LogP contribution < -0.4 is 10.5 Å². The van der Waals surface area contributed by atoms with Gasteiger partial charge in [-0.05, 0) is 32.0 Å². The van der Waals surface area contributed by atoms with Crippen molar-refractivity contribution in [3.63, 3.8) is 0 Å². The van der Waals surface area contributed by atoms with Crippen LogP contribution in [0.15, 0.2) is 18.2 Å². The number of ether oxygens (including phenoxy) is 1. The average molecular weight is 301 g/mol. The lowest BCUT2D eigenvalue weighted by molar-refractivity contribution is 0.409. The third-order valence-corrected chi connectivity index (χ3v) is 2.95. The molecule has 0 radical (unpaired) electrons. The van der Waals surface area contributed by atoms with Gasteiger partial charge in [0, 0.05) is 16.6 Å². The molecular formula is C12H14Cl2N4O. The van der Waals surface area contributed by atoms with Gasteiger partial charge < -0.3 is 10.5 Å².